The molecule has 0 aliphatic carbocycles. The second-order valence-corrected chi connectivity index (χ2v) is 2.39. The van der Waals surface area contributed by atoms with E-state index in [1.54, 1.807) is 12.1 Å². The zero-order chi connectivity index (χ0) is 7.72. The van der Waals surface area contributed by atoms with Gasteiger partial charge in [-0.2, -0.15) is 0 Å². The Balaban J connectivity index is 3.31. The molecule has 1 aromatic carbocycles. The van der Waals surface area contributed by atoms with Gasteiger partial charge in [0, 0.05) is 5.69 Å². The number of hydrogen-bond donors (Lipinski definition) is 3. The van der Waals surface area contributed by atoms with Gasteiger partial charge in [-0.25, -0.2) is 0 Å². The van der Waals surface area contributed by atoms with Gasteiger partial charge < -0.3 is 17.2 Å². The molecule has 0 spiro atoms. The third-order valence-corrected chi connectivity index (χ3v) is 1.59. The highest BCUT2D eigenvalue weighted by Gasteiger charge is 2.00. The summed E-state index contributed by atoms with van der Waals surface area (Å²) in [7, 11) is 0. The summed E-state index contributed by atoms with van der Waals surface area (Å²) in [4.78, 5) is 0. The molecule has 54 valence electrons. The second-order valence-electron chi connectivity index (χ2n) is 2.01. The van der Waals surface area contributed by atoms with Crippen molar-refractivity contribution in [1.82, 2.24) is 0 Å². The molecule has 0 aliphatic rings. The third kappa shape index (κ3) is 1.09. The SMILES string of the molecule is Nc1cc(N)c(Cl)c(N)c1. The van der Waals surface area contributed by atoms with Crippen LogP contribution in [0.5, 0.6) is 0 Å². The number of benzene rings is 1. The zero-order valence-electron chi connectivity index (χ0n) is 5.26. The Kier molecular flexibility index (Phi) is 1.59. The van der Waals surface area contributed by atoms with Crippen molar-refractivity contribution in [3.05, 3.63) is 17.2 Å². The minimum absolute atomic E-state index is 0.370. The molecule has 0 aliphatic heterocycles. The fourth-order valence-electron chi connectivity index (χ4n) is 0.694. The molecule has 0 fully saturated rings. The van der Waals surface area contributed by atoms with Crippen LogP contribution in [-0.2, 0) is 0 Å². The first kappa shape index (κ1) is 7.02. The van der Waals surface area contributed by atoms with E-state index in [9.17, 15) is 0 Å². The van der Waals surface area contributed by atoms with Crippen molar-refractivity contribution in [3.8, 4) is 0 Å². The second kappa shape index (κ2) is 2.27. The minimum atomic E-state index is 0.370. The van der Waals surface area contributed by atoms with Crippen LogP contribution in [0.2, 0.25) is 5.02 Å². The summed E-state index contributed by atoms with van der Waals surface area (Å²) in [5.74, 6) is 0. The van der Waals surface area contributed by atoms with Gasteiger partial charge >= 0.3 is 0 Å². The molecule has 0 unspecified atom stereocenters. The van der Waals surface area contributed by atoms with Gasteiger partial charge in [0.15, 0.2) is 0 Å². The van der Waals surface area contributed by atoms with Crippen LogP contribution in [0.25, 0.3) is 0 Å². The molecule has 0 saturated heterocycles. The molecule has 3 nitrogen and oxygen atoms in total. The number of nitrogens with two attached hydrogens (primary N) is 3. The monoisotopic (exact) mass is 157 g/mol. The number of anilines is 3. The van der Waals surface area contributed by atoms with Gasteiger partial charge in [-0.05, 0) is 12.1 Å². The Morgan fingerprint density at radius 2 is 1.40 bits per heavy atom. The maximum Gasteiger partial charge on any atom is 0.0866 e. The van der Waals surface area contributed by atoms with Gasteiger partial charge in [0.1, 0.15) is 0 Å². The first-order valence-corrected chi connectivity index (χ1v) is 3.09. The third-order valence-electron chi connectivity index (χ3n) is 1.15. The average Bonchev–Trinajstić information content (AvgIpc) is 1.82. The summed E-state index contributed by atoms with van der Waals surface area (Å²) in [6.45, 7) is 0. The molecule has 4 heteroatoms. The first-order chi connectivity index (χ1) is 4.61. The predicted octanol–water partition coefficient (Wildman–Crippen LogP) is 1.09. The fraction of sp³-hybridized carbons (Fsp3) is 0. The van der Waals surface area contributed by atoms with Crippen LogP contribution in [0.1, 0.15) is 0 Å². The lowest BCUT2D eigenvalue weighted by Crippen LogP contribution is -1.95. The molecule has 1 rings (SSSR count). The van der Waals surface area contributed by atoms with Gasteiger partial charge in [-0.3, -0.25) is 0 Å². The molecule has 0 radical (unpaired) electrons. The largest absolute Gasteiger partial charge is 0.399 e. The van der Waals surface area contributed by atoms with Crippen LogP contribution < -0.4 is 17.2 Å². The van der Waals surface area contributed by atoms with Crippen LogP contribution in [0.3, 0.4) is 0 Å². The highest BCUT2D eigenvalue weighted by molar-refractivity contribution is 6.35. The van der Waals surface area contributed by atoms with E-state index in [4.69, 9.17) is 28.8 Å². The van der Waals surface area contributed by atoms with Crippen LogP contribution in [-0.4, -0.2) is 0 Å². The van der Waals surface area contributed by atoms with Gasteiger partial charge in [0.2, 0.25) is 0 Å². The molecule has 0 heterocycles. The number of rotatable bonds is 0. The molecule has 0 amide bonds. The molecule has 0 aromatic heterocycles. The molecule has 10 heavy (non-hydrogen) atoms. The van der Waals surface area contributed by atoms with E-state index in [0.29, 0.717) is 22.1 Å². The molecular formula is C6H8ClN3. The lowest BCUT2D eigenvalue weighted by Gasteiger charge is -2.02. The molecule has 0 atom stereocenters. The number of nitrogen functional groups attached to an aromatic ring is 3. The van der Waals surface area contributed by atoms with Crippen LogP contribution >= 0.6 is 11.6 Å². The summed E-state index contributed by atoms with van der Waals surface area (Å²) in [5.41, 5.74) is 17.6. The van der Waals surface area contributed by atoms with E-state index in [0.717, 1.165) is 0 Å². The van der Waals surface area contributed by atoms with Gasteiger partial charge in [0.05, 0.1) is 16.4 Å². The van der Waals surface area contributed by atoms with E-state index in [2.05, 4.69) is 0 Å². The van der Waals surface area contributed by atoms with Crippen molar-refractivity contribution in [2.45, 2.75) is 0 Å². The normalized spacial score (nSPS) is 9.70. The summed E-state index contributed by atoms with van der Waals surface area (Å²) < 4.78 is 0. The smallest absolute Gasteiger partial charge is 0.0866 e. The summed E-state index contributed by atoms with van der Waals surface area (Å²) in [6.07, 6.45) is 0. The highest BCUT2D eigenvalue weighted by atomic mass is 35.5. The van der Waals surface area contributed by atoms with Crippen LogP contribution in [0.4, 0.5) is 17.1 Å². The first-order valence-electron chi connectivity index (χ1n) is 2.71. The van der Waals surface area contributed by atoms with E-state index in [1.807, 2.05) is 0 Å². The summed E-state index contributed by atoms with van der Waals surface area (Å²) in [5, 5.41) is 0.370. The van der Waals surface area contributed by atoms with Crippen LogP contribution in [0.15, 0.2) is 12.1 Å². The maximum absolute atomic E-state index is 5.64. The van der Waals surface area contributed by atoms with Gasteiger partial charge in [0.25, 0.3) is 0 Å². The Morgan fingerprint density at radius 1 is 1.00 bits per heavy atom. The van der Waals surface area contributed by atoms with E-state index in [1.165, 1.54) is 0 Å². The van der Waals surface area contributed by atoms with Gasteiger partial charge in [-0.1, -0.05) is 11.6 Å². The Labute approximate surface area is 63.8 Å². The minimum Gasteiger partial charge on any atom is -0.399 e. The fourth-order valence-corrected chi connectivity index (χ4v) is 0.803. The van der Waals surface area contributed by atoms with Gasteiger partial charge in [-0.15, -0.1) is 0 Å². The Bertz CT molecular complexity index is 236. The average molecular weight is 158 g/mol. The zero-order valence-corrected chi connectivity index (χ0v) is 6.02. The number of halogens is 1. The van der Waals surface area contributed by atoms with Crippen molar-refractivity contribution in [2.24, 2.45) is 0 Å². The Morgan fingerprint density at radius 3 is 1.80 bits per heavy atom. The van der Waals surface area contributed by atoms with Crippen molar-refractivity contribution >= 4 is 28.7 Å². The lowest BCUT2D eigenvalue weighted by atomic mass is 10.2. The quantitative estimate of drug-likeness (QED) is 0.494. The number of hydrogen-bond acceptors (Lipinski definition) is 3. The van der Waals surface area contributed by atoms with Crippen molar-refractivity contribution in [2.75, 3.05) is 17.2 Å². The maximum atomic E-state index is 5.64. The molecule has 6 N–H and O–H groups in total. The van der Waals surface area contributed by atoms with E-state index < -0.39 is 0 Å². The highest BCUT2D eigenvalue weighted by Crippen LogP contribution is 2.27. The van der Waals surface area contributed by atoms with Crippen LogP contribution in [0, 0.1) is 0 Å². The summed E-state index contributed by atoms with van der Waals surface area (Å²) in [6, 6.07) is 3.14. The van der Waals surface area contributed by atoms with E-state index in [-0.39, 0.29) is 0 Å². The molecule has 1 aromatic rings. The molecule has 0 bridgehead atoms. The topological polar surface area (TPSA) is 78.1 Å². The van der Waals surface area contributed by atoms with Crippen molar-refractivity contribution in [3.63, 3.8) is 0 Å². The molecule has 0 saturated carbocycles. The van der Waals surface area contributed by atoms with E-state index >= 15 is 0 Å². The molecular weight excluding hydrogens is 150 g/mol. The predicted molar refractivity (Wildman–Crippen MR) is 44.7 cm³/mol. The summed E-state index contributed by atoms with van der Waals surface area (Å²) >= 11 is 5.64. The lowest BCUT2D eigenvalue weighted by molar-refractivity contribution is 1.65. The van der Waals surface area contributed by atoms with Crippen molar-refractivity contribution < 1.29 is 0 Å². The standard InChI is InChI=1S/C6H8ClN3/c7-6-4(9)1-3(8)2-5(6)10/h1-2H,8-10H2. The van der Waals surface area contributed by atoms with Crippen molar-refractivity contribution in [1.29, 1.82) is 0 Å². The Hall–Kier alpha value is -1.09.